The Morgan fingerprint density at radius 1 is 1.54 bits per heavy atom. The fourth-order valence-corrected chi connectivity index (χ4v) is 3.80. The molecule has 0 aromatic carbocycles. The van der Waals surface area contributed by atoms with Gasteiger partial charge in [-0.05, 0) is 19.8 Å². The van der Waals surface area contributed by atoms with Gasteiger partial charge in [0.05, 0.1) is 12.1 Å². The number of carbonyl (C=O) groups is 1. The molecule has 2 amide bonds. The maximum Gasteiger partial charge on any atom is 0.418 e. The topological polar surface area (TPSA) is 190 Å². The van der Waals surface area contributed by atoms with Crippen LogP contribution in [0.1, 0.15) is 37.3 Å². The number of piperidine rings is 1. The Morgan fingerprint density at radius 2 is 2.29 bits per heavy atom. The lowest BCUT2D eigenvalue weighted by Crippen LogP contribution is -2.35. The van der Waals surface area contributed by atoms with Crippen LogP contribution in [0.5, 0.6) is 0 Å². The zero-order valence-electron chi connectivity index (χ0n) is 15.2. The van der Waals surface area contributed by atoms with Gasteiger partial charge in [0.15, 0.2) is 5.96 Å². The molecule has 28 heavy (non-hydrogen) atoms. The summed E-state index contributed by atoms with van der Waals surface area (Å²) in [5.41, 5.74) is 11.2. The van der Waals surface area contributed by atoms with Crippen molar-refractivity contribution in [1.82, 2.24) is 20.4 Å². The van der Waals surface area contributed by atoms with Crippen LogP contribution in [0.25, 0.3) is 0 Å². The van der Waals surface area contributed by atoms with E-state index in [0.29, 0.717) is 42.3 Å². The first-order chi connectivity index (χ1) is 13.1. The van der Waals surface area contributed by atoms with Crippen molar-refractivity contribution in [3.05, 3.63) is 17.5 Å². The van der Waals surface area contributed by atoms with Gasteiger partial charge in [-0.15, -0.1) is 4.28 Å². The monoisotopic (exact) mass is 417 g/mol. The number of hydroxylamine groups is 2. The Morgan fingerprint density at radius 3 is 2.96 bits per heavy atom. The minimum absolute atomic E-state index is 0.000133. The molecule has 13 nitrogen and oxygen atoms in total. The van der Waals surface area contributed by atoms with E-state index in [4.69, 9.17) is 20.5 Å². The quantitative estimate of drug-likeness (QED) is 0.234. The predicted molar refractivity (Wildman–Crippen MR) is 95.8 cm³/mol. The van der Waals surface area contributed by atoms with Crippen molar-refractivity contribution in [2.75, 3.05) is 13.1 Å². The van der Waals surface area contributed by atoms with Crippen molar-refractivity contribution < 1.29 is 26.6 Å². The third-order valence-corrected chi connectivity index (χ3v) is 4.92. The van der Waals surface area contributed by atoms with Crippen molar-refractivity contribution >= 4 is 22.4 Å². The zero-order valence-corrected chi connectivity index (χ0v) is 16.0. The average molecular weight is 417 g/mol. The van der Waals surface area contributed by atoms with Gasteiger partial charge in [0.2, 0.25) is 0 Å². The molecule has 156 valence electrons. The molecule has 2 aliphatic rings. The van der Waals surface area contributed by atoms with E-state index in [1.807, 2.05) is 6.92 Å². The average Bonchev–Trinajstić information content (AvgIpc) is 3.13. The molecule has 2 saturated heterocycles. The molecule has 3 rings (SSSR count). The second kappa shape index (κ2) is 7.90. The second-order valence-electron chi connectivity index (χ2n) is 6.66. The fraction of sp³-hybridized carbons (Fsp3) is 0.643. The van der Waals surface area contributed by atoms with E-state index in [1.165, 1.54) is 4.90 Å². The lowest BCUT2D eigenvalue weighted by molar-refractivity contribution is -0.0317. The molecule has 14 heteroatoms. The van der Waals surface area contributed by atoms with Crippen LogP contribution in [-0.4, -0.2) is 65.4 Å². The lowest BCUT2D eigenvalue weighted by atomic mass is 9.98. The number of urea groups is 1. The molecule has 3 heterocycles. The number of guanidine groups is 1. The molecule has 1 aromatic rings. The number of aromatic nitrogens is 1. The van der Waals surface area contributed by atoms with Crippen LogP contribution in [0.15, 0.2) is 15.6 Å². The number of hydrogen-bond acceptors (Lipinski definition) is 8. The number of aliphatic imine (C=N–C) groups is 1. The molecule has 1 unspecified atom stereocenters. The summed E-state index contributed by atoms with van der Waals surface area (Å²) in [7, 11) is -4.77. The summed E-state index contributed by atoms with van der Waals surface area (Å²) >= 11 is 0. The minimum atomic E-state index is -4.77. The Bertz CT molecular complexity index is 852. The van der Waals surface area contributed by atoms with E-state index in [-0.39, 0.29) is 24.7 Å². The maximum absolute atomic E-state index is 12.4. The van der Waals surface area contributed by atoms with Gasteiger partial charge in [-0.25, -0.2) is 9.79 Å². The standard InChI is InChI=1S/C14H23N7O6S/c1-8(18-13(15)16)17-5-4-10-6-11(19-26-10)12-3-2-9-7-20(12)14(22)21(9)27-28(23,24)25/h6,8-9,12,17H,2-5,7H2,1H3,(H4,15,16,18)(H,23,24,25)/t8?,9-,12+/m1/s1. The Labute approximate surface area is 161 Å². The number of amides is 2. The number of carbonyl (C=O) groups excluding carboxylic acids is 1. The Kier molecular flexibility index (Phi) is 5.74. The molecule has 6 N–H and O–H groups in total. The summed E-state index contributed by atoms with van der Waals surface area (Å²) in [5, 5.41) is 7.85. The number of nitrogens with two attached hydrogens (primary N) is 2. The third kappa shape index (κ3) is 4.70. The van der Waals surface area contributed by atoms with Gasteiger partial charge >= 0.3 is 16.4 Å². The summed E-state index contributed by atoms with van der Waals surface area (Å²) in [4.78, 5) is 17.8. The predicted octanol–water partition coefficient (Wildman–Crippen LogP) is -0.898. The lowest BCUT2D eigenvalue weighted by Gasteiger charge is -2.28. The van der Waals surface area contributed by atoms with E-state index in [0.717, 1.165) is 0 Å². The van der Waals surface area contributed by atoms with E-state index in [9.17, 15) is 13.2 Å². The number of fused-ring (bicyclic) bond motifs is 2. The van der Waals surface area contributed by atoms with E-state index in [1.54, 1.807) is 6.07 Å². The van der Waals surface area contributed by atoms with Crippen LogP contribution < -0.4 is 16.8 Å². The molecule has 2 bridgehead atoms. The fourth-order valence-electron chi connectivity index (χ4n) is 3.42. The highest BCUT2D eigenvalue weighted by Crippen LogP contribution is 2.38. The number of hydrogen-bond donors (Lipinski definition) is 4. The summed E-state index contributed by atoms with van der Waals surface area (Å²) < 4.78 is 40.5. The van der Waals surface area contributed by atoms with E-state index >= 15 is 0 Å². The van der Waals surface area contributed by atoms with E-state index < -0.39 is 22.5 Å². The first-order valence-electron chi connectivity index (χ1n) is 8.68. The van der Waals surface area contributed by atoms with Gasteiger partial charge in [-0.3, -0.25) is 9.87 Å². The van der Waals surface area contributed by atoms with E-state index in [2.05, 4.69) is 19.7 Å². The first-order valence-corrected chi connectivity index (χ1v) is 10.0. The van der Waals surface area contributed by atoms with Crippen LogP contribution in [0, 0.1) is 0 Å². The van der Waals surface area contributed by atoms with Gasteiger partial charge in [-0.1, -0.05) is 5.16 Å². The van der Waals surface area contributed by atoms with Crippen LogP contribution >= 0.6 is 0 Å². The number of nitrogens with zero attached hydrogens (tertiary/aromatic N) is 4. The Balaban J connectivity index is 1.60. The van der Waals surface area contributed by atoms with Gasteiger partial charge in [-0.2, -0.15) is 13.5 Å². The highest BCUT2D eigenvalue weighted by Gasteiger charge is 2.48. The number of rotatable bonds is 8. The third-order valence-electron chi connectivity index (χ3n) is 4.57. The molecule has 0 saturated carbocycles. The summed E-state index contributed by atoms with van der Waals surface area (Å²) in [5.74, 6) is 0.624. The molecular formula is C14H23N7O6S. The SMILES string of the molecule is CC(N=C(N)N)NCCc1cc([C@@H]2CC[C@@H]3CN2C(=O)N3OS(=O)(=O)O)no1. The molecule has 2 aliphatic heterocycles. The van der Waals surface area contributed by atoms with Crippen LogP contribution in [-0.2, 0) is 21.1 Å². The molecule has 0 aliphatic carbocycles. The van der Waals surface area contributed by atoms with Crippen LogP contribution in [0.3, 0.4) is 0 Å². The summed E-state index contributed by atoms with van der Waals surface area (Å²) in [6.45, 7) is 2.64. The van der Waals surface area contributed by atoms with Crippen molar-refractivity contribution in [3.8, 4) is 0 Å². The van der Waals surface area contributed by atoms with Crippen molar-refractivity contribution in [1.29, 1.82) is 0 Å². The summed E-state index contributed by atoms with van der Waals surface area (Å²) in [6.07, 6.45) is 1.37. The smallest absolute Gasteiger partial charge is 0.370 e. The maximum atomic E-state index is 12.4. The highest BCUT2D eigenvalue weighted by atomic mass is 32.3. The number of nitrogens with one attached hydrogen (secondary N) is 1. The molecule has 0 spiro atoms. The largest absolute Gasteiger partial charge is 0.418 e. The van der Waals surface area contributed by atoms with Crippen molar-refractivity contribution in [2.24, 2.45) is 16.5 Å². The van der Waals surface area contributed by atoms with Gasteiger partial charge in [0, 0.05) is 25.6 Å². The molecular weight excluding hydrogens is 394 g/mol. The van der Waals surface area contributed by atoms with Crippen molar-refractivity contribution in [2.45, 2.75) is 44.4 Å². The molecule has 3 atom stereocenters. The van der Waals surface area contributed by atoms with Gasteiger partial charge in [0.25, 0.3) is 0 Å². The van der Waals surface area contributed by atoms with Crippen LogP contribution in [0.4, 0.5) is 4.79 Å². The second-order valence-corrected chi connectivity index (χ2v) is 7.67. The normalized spacial score (nSPS) is 23.1. The minimum Gasteiger partial charge on any atom is -0.370 e. The summed E-state index contributed by atoms with van der Waals surface area (Å²) in [6, 6.07) is 0.322. The van der Waals surface area contributed by atoms with Crippen molar-refractivity contribution in [3.63, 3.8) is 0 Å². The molecule has 2 fully saturated rings. The molecule has 0 radical (unpaired) electrons. The van der Waals surface area contributed by atoms with Gasteiger partial charge in [0.1, 0.15) is 17.6 Å². The highest BCUT2D eigenvalue weighted by molar-refractivity contribution is 7.80. The molecule has 1 aromatic heterocycles. The first kappa shape index (κ1) is 20.3. The van der Waals surface area contributed by atoms with Gasteiger partial charge < -0.3 is 20.9 Å². The Hall–Kier alpha value is -2.42. The zero-order chi connectivity index (χ0) is 20.5. The van der Waals surface area contributed by atoms with Crippen LogP contribution in [0.2, 0.25) is 0 Å².